The van der Waals surface area contributed by atoms with E-state index in [1.54, 1.807) is 0 Å². The summed E-state index contributed by atoms with van der Waals surface area (Å²) in [5.41, 5.74) is -0.138. The molecule has 0 unspecified atom stereocenters. The van der Waals surface area contributed by atoms with Gasteiger partial charge in [-0.1, -0.05) is 0 Å². The van der Waals surface area contributed by atoms with Crippen molar-refractivity contribution in [3.63, 3.8) is 0 Å². The van der Waals surface area contributed by atoms with Gasteiger partial charge in [0.05, 0.1) is 12.0 Å². The maximum absolute atomic E-state index is 10.9. The standard InChI is InChI=1S/C11H15N3O4/c1-17-10-5-4-9(14(15)16)11(13-10)18-8-3-2-6-12-7-8/h4-5,8,12H,2-3,6-7H2,1H3/t8-/m0/s1. The molecule has 18 heavy (non-hydrogen) atoms. The second kappa shape index (κ2) is 5.63. The van der Waals surface area contributed by atoms with Gasteiger partial charge in [0.15, 0.2) is 0 Å². The molecule has 1 fully saturated rings. The van der Waals surface area contributed by atoms with Crippen LogP contribution in [-0.2, 0) is 0 Å². The van der Waals surface area contributed by atoms with Crippen LogP contribution in [0.2, 0.25) is 0 Å². The molecule has 1 saturated heterocycles. The van der Waals surface area contributed by atoms with Gasteiger partial charge < -0.3 is 14.8 Å². The Morgan fingerprint density at radius 1 is 1.56 bits per heavy atom. The van der Waals surface area contributed by atoms with Crippen molar-refractivity contribution in [3.8, 4) is 11.8 Å². The van der Waals surface area contributed by atoms with Gasteiger partial charge in [0.25, 0.3) is 5.88 Å². The molecule has 0 radical (unpaired) electrons. The fourth-order valence-electron chi connectivity index (χ4n) is 1.83. The van der Waals surface area contributed by atoms with Crippen LogP contribution in [0.25, 0.3) is 0 Å². The molecule has 0 aromatic carbocycles. The maximum Gasteiger partial charge on any atom is 0.331 e. The first-order valence-electron chi connectivity index (χ1n) is 5.77. The Morgan fingerprint density at radius 3 is 3.00 bits per heavy atom. The summed E-state index contributed by atoms with van der Waals surface area (Å²) in [6, 6.07) is 2.79. The fraction of sp³-hybridized carbons (Fsp3) is 0.545. The van der Waals surface area contributed by atoms with Gasteiger partial charge in [-0.3, -0.25) is 10.1 Å². The van der Waals surface area contributed by atoms with Gasteiger partial charge in [-0.05, 0) is 19.4 Å². The van der Waals surface area contributed by atoms with Crippen molar-refractivity contribution in [3.05, 3.63) is 22.2 Å². The molecule has 1 N–H and O–H groups in total. The van der Waals surface area contributed by atoms with Crippen molar-refractivity contribution < 1.29 is 14.4 Å². The third-order valence-corrected chi connectivity index (χ3v) is 2.75. The molecule has 1 atom stereocenters. The number of nitrogens with zero attached hydrogens (tertiary/aromatic N) is 2. The second-order valence-corrected chi connectivity index (χ2v) is 4.02. The van der Waals surface area contributed by atoms with Crippen LogP contribution < -0.4 is 14.8 Å². The Bertz CT molecular complexity index is 432. The van der Waals surface area contributed by atoms with Crippen LogP contribution >= 0.6 is 0 Å². The highest BCUT2D eigenvalue weighted by Gasteiger charge is 2.23. The Kier molecular flexibility index (Phi) is 3.93. The Morgan fingerprint density at radius 2 is 2.39 bits per heavy atom. The normalized spacial score (nSPS) is 19.3. The third kappa shape index (κ3) is 2.86. The summed E-state index contributed by atoms with van der Waals surface area (Å²) < 4.78 is 10.5. The highest BCUT2D eigenvalue weighted by Crippen LogP contribution is 2.28. The number of nitrogens with one attached hydrogen (secondary N) is 1. The molecule has 98 valence electrons. The number of ether oxygens (including phenoxy) is 2. The number of hydrogen-bond donors (Lipinski definition) is 1. The average Bonchev–Trinajstić information content (AvgIpc) is 2.39. The minimum Gasteiger partial charge on any atom is -0.481 e. The van der Waals surface area contributed by atoms with Crippen LogP contribution in [0.3, 0.4) is 0 Å². The van der Waals surface area contributed by atoms with Crippen LogP contribution in [0.15, 0.2) is 12.1 Å². The lowest BCUT2D eigenvalue weighted by molar-refractivity contribution is -0.386. The molecule has 2 heterocycles. The topological polar surface area (TPSA) is 86.5 Å². The van der Waals surface area contributed by atoms with Crippen LogP contribution in [0.5, 0.6) is 11.8 Å². The van der Waals surface area contributed by atoms with Crippen molar-refractivity contribution in [1.29, 1.82) is 0 Å². The average molecular weight is 253 g/mol. The van der Waals surface area contributed by atoms with E-state index in [1.165, 1.54) is 19.2 Å². The number of methoxy groups -OCH3 is 1. The van der Waals surface area contributed by atoms with Crippen molar-refractivity contribution in [1.82, 2.24) is 10.3 Å². The molecule has 1 aliphatic heterocycles. The molecule has 0 saturated carbocycles. The second-order valence-electron chi connectivity index (χ2n) is 4.02. The van der Waals surface area contributed by atoms with Crippen LogP contribution in [0.4, 0.5) is 5.69 Å². The monoisotopic (exact) mass is 253 g/mol. The summed E-state index contributed by atoms with van der Waals surface area (Å²) in [4.78, 5) is 14.4. The SMILES string of the molecule is COc1ccc([N+](=O)[O-])c(O[C@H]2CCCNC2)n1. The first-order chi connectivity index (χ1) is 8.70. The predicted molar refractivity (Wildman–Crippen MR) is 64.0 cm³/mol. The molecular formula is C11H15N3O4. The molecule has 0 spiro atoms. The molecule has 2 rings (SSSR count). The summed E-state index contributed by atoms with van der Waals surface area (Å²) in [6.07, 6.45) is 1.77. The van der Waals surface area contributed by atoms with E-state index in [1.807, 2.05) is 0 Å². The summed E-state index contributed by atoms with van der Waals surface area (Å²) >= 11 is 0. The van der Waals surface area contributed by atoms with Crippen molar-refractivity contribution in [2.75, 3.05) is 20.2 Å². The van der Waals surface area contributed by atoms with E-state index in [-0.39, 0.29) is 17.7 Å². The van der Waals surface area contributed by atoms with Crippen molar-refractivity contribution in [2.24, 2.45) is 0 Å². The van der Waals surface area contributed by atoms with Gasteiger partial charge >= 0.3 is 5.69 Å². The van der Waals surface area contributed by atoms with Gasteiger partial charge in [-0.15, -0.1) is 0 Å². The minimum atomic E-state index is -0.502. The zero-order chi connectivity index (χ0) is 13.0. The molecule has 1 aromatic heterocycles. The van der Waals surface area contributed by atoms with Crippen LogP contribution in [-0.4, -0.2) is 36.2 Å². The van der Waals surface area contributed by atoms with Crippen LogP contribution in [0.1, 0.15) is 12.8 Å². The maximum atomic E-state index is 10.9. The van der Waals surface area contributed by atoms with Gasteiger partial charge in [-0.2, -0.15) is 4.98 Å². The number of rotatable bonds is 4. The summed E-state index contributed by atoms with van der Waals surface area (Å²) in [5.74, 6) is 0.326. The number of pyridine rings is 1. The summed E-state index contributed by atoms with van der Waals surface area (Å²) in [6.45, 7) is 1.63. The smallest absolute Gasteiger partial charge is 0.331 e. The van der Waals surface area contributed by atoms with E-state index >= 15 is 0 Å². The summed E-state index contributed by atoms with van der Waals surface area (Å²) in [7, 11) is 1.46. The van der Waals surface area contributed by atoms with Gasteiger partial charge in [-0.25, -0.2) is 0 Å². The zero-order valence-electron chi connectivity index (χ0n) is 10.1. The number of piperidine rings is 1. The molecule has 1 aliphatic rings. The van der Waals surface area contributed by atoms with Gasteiger partial charge in [0, 0.05) is 18.7 Å². The first kappa shape index (κ1) is 12.6. The number of nitro groups is 1. The Balaban J connectivity index is 2.19. The lowest BCUT2D eigenvalue weighted by Gasteiger charge is -2.23. The first-order valence-corrected chi connectivity index (χ1v) is 5.77. The van der Waals surface area contributed by atoms with E-state index in [9.17, 15) is 10.1 Å². The largest absolute Gasteiger partial charge is 0.481 e. The molecule has 0 bridgehead atoms. The number of hydrogen-bond acceptors (Lipinski definition) is 6. The van der Waals surface area contributed by atoms with Gasteiger partial charge in [0.2, 0.25) is 5.88 Å². The predicted octanol–water partition coefficient (Wildman–Crippen LogP) is 1.13. The lowest BCUT2D eigenvalue weighted by atomic mass is 10.1. The lowest BCUT2D eigenvalue weighted by Crippen LogP contribution is -2.37. The zero-order valence-corrected chi connectivity index (χ0v) is 10.1. The Hall–Kier alpha value is -1.89. The fourth-order valence-corrected chi connectivity index (χ4v) is 1.83. The summed E-state index contributed by atoms with van der Waals surface area (Å²) in [5, 5.41) is 14.1. The molecule has 7 nitrogen and oxygen atoms in total. The van der Waals surface area contributed by atoms with E-state index in [4.69, 9.17) is 9.47 Å². The highest BCUT2D eigenvalue weighted by atomic mass is 16.6. The van der Waals surface area contributed by atoms with Gasteiger partial charge in [0.1, 0.15) is 6.10 Å². The molecule has 7 heteroatoms. The van der Waals surface area contributed by atoms with Crippen molar-refractivity contribution >= 4 is 5.69 Å². The Labute approximate surface area is 104 Å². The quantitative estimate of drug-likeness (QED) is 0.639. The van der Waals surface area contributed by atoms with E-state index in [2.05, 4.69) is 10.3 Å². The third-order valence-electron chi connectivity index (χ3n) is 2.75. The number of aromatic nitrogens is 1. The van der Waals surface area contributed by atoms with E-state index < -0.39 is 4.92 Å². The highest BCUT2D eigenvalue weighted by molar-refractivity contribution is 5.43. The minimum absolute atomic E-state index is 0.0213. The molecule has 0 aliphatic carbocycles. The molecule has 0 amide bonds. The molecular weight excluding hydrogens is 238 g/mol. The van der Waals surface area contributed by atoms with E-state index in [0.717, 1.165) is 19.4 Å². The molecule has 1 aromatic rings. The van der Waals surface area contributed by atoms with Crippen molar-refractivity contribution in [2.45, 2.75) is 18.9 Å². The van der Waals surface area contributed by atoms with E-state index in [0.29, 0.717) is 12.4 Å². The van der Waals surface area contributed by atoms with Crippen LogP contribution in [0, 0.1) is 10.1 Å².